The molecule has 2 aromatic rings. The van der Waals surface area contributed by atoms with Crippen LogP contribution < -0.4 is 15.5 Å². The van der Waals surface area contributed by atoms with Crippen molar-refractivity contribution in [3.05, 3.63) is 35.5 Å². The number of carbonyl (C=O) groups is 2. The van der Waals surface area contributed by atoms with Crippen LogP contribution in [0, 0.1) is 5.92 Å². The summed E-state index contributed by atoms with van der Waals surface area (Å²) in [7, 11) is 0. The molecule has 3 amide bonds. The SMILES string of the molecule is C[C@H]1COCCN1c1nc2c(c(-c3ccc(NC(=O)NC4CC4)cc3)n1)CN(C(=O)C1CCCC1)C2. The molecule has 0 spiro atoms. The van der Waals surface area contributed by atoms with E-state index in [-0.39, 0.29) is 23.9 Å². The monoisotopic (exact) mass is 490 g/mol. The number of benzene rings is 1. The number of carbonyl (C=O) groups excluding carboxylic acids is 2. The molecule has 1 saturated heterocycles. The lowest BCUT2D eigenvalue weighted by atomic mass is 10.0. The van der Waals surface area contributed by atoms with Crippen molar-refractivity contribution in [3.63, 3.8) is 0 Å². The molecule has 2 N–H and O–H groups in total. The molecule has 6 rings (SSSR count). The van der Waals surface area contributed by atoms with Gasteiger partial charge in [-0.1, -0.05) is 25.0 Å². The van der Waals surface area contributed by atoms with Gasteiger partial charge in [-0.15, -0.1) is 0 Å². The van der Waals surface area contributed by atoms with Gasteiger partial charge in [0.2, 0.25) is 11.9 Å². The predicted molar refractivity (Wildman–Crippen MR) is 136 cm³/mol. The van der Waals surface area contributed by atoms with Crippen LogP contribution in [0.1, 0.15) is 56.7 Å². The van der Waals surface area contributed by atoms with Gasteiger partial charge in [-0.05, 0) is 44.7 Å². The van der Waals surface area contributed by atoms with Crippen LogP contribution in [0.2, 0.25) is 0 Å². The van der Waals surface area contributed by atoms with Gasteiger partial charge in [-0.2, -0.15) is 0 Å². The zero-order chi connectivity index (χ0) is 24.6. The van der Waals surface area contributed by atoms with E-state index < -0.39 is 0 Å². The maximum atomic E-state index is 13.2. The number of fused-ring (bicyclic) bond motifs is 1. The number of rotatable bonds is 5. The molecule has 190 valence electrons. The van der Waals surface area contributed by atoms with E-state index in [9.17, 15) is 9.59 Å². The topological polar surface area (TPSA) is 99.7 Å². The second-order valence-corrected chi connectivity index (χ2v) is 10.5. The third-order valence-electron chi connectivity index (χ3n) is 7.74. The fourth-order valence-electron chi connectivity index (χ4n) is 5.51. The van der Waals surface area contributed by atoms with Crippen molar-refractivity contribution in [3.8, 4) is 11.3 Å². The van der Waals surface area contributed by atoms with E-state index in [1.807, 2.05) is 29.2 Å². The number of anilines is 2. The summed E-state index contributed by atoms with van der Waals surface area (Å²) >= 11 is 0. The molecule has 9 heteroatoms. The Hall–Kier alpha value is -3.20. The van der Waals surface area contributed by atoms with Crippen molar-refractivity contribution in [2.24, 2.45) is 5.92 Å². The average molecular weight is 491 g/mol. The Morgan fingerprint density at radius 2 is 1.81 bits per heavy atom. The van der Waals surface area contributed by atoms with Crippen molar-refractivity contribution < 1.29 is 14.3 Å². The number of hydrogen-bond acceptors (Lipinski definition) is 6. The highest BCUT2D eigenvalue weighted by Gasteiger charge is 2.34. The number of ether oxygens (including phenoxy) is 1. The van der Waals surface area contributed by atoms with Crippen LogP contribution >= 0.6 is 0 Å². The fraction of sp³-hybridized carbons (Fsp3) is 0.556. The molecule has 0 radical (unpaired) electrons. The van der Waals surface area contributed by atoms with E-state index in [1.54, 1.807) is 0 Å². The van der Waals surface area contributed by atoms with E-state index in [2.05, 4.69) is 22.5 Å². The molecule has 4 aliphatic rings. The van der Waals surface area contributed by atoms with Gasteiger partial charge in [-0.3, -0.25) is 4.79 Å². The van der Waals surface area contributed by atoms with Crippen molar-refractivity contribution in [1.82, 2.24) is 20.2 Å². The van der Waals surface area contributed by atoms with Gasteiger partial charge in [0.15, 0.2) is 0 Å². The smallest absolute Gasteiger partial charge is 0.319 e. The Morgan fingerprint density at radius 1 is 1.03 bits per heavy atom. The summed E-state index contributed by atoms with van der Waals surface area (Å²) < 4.78 is 5.63. The first-order chi connectivity index (χ1) is 17.5. The first kappa shape index (κ1) is 23.2. The summed E-state index contributed by atoms with van der Waals surface area (Å²) in [6.45, 7) is 5.23. The quantitative estimate of drug-likeness (QED) is 0.663. The molecule has 2 aliphatic heterocycles. The van der Waals surface area contributed by atoms with Gasteiger partial charge in [0.1, 0.15) is 0 Å². The number of hydrogen-bond donors (Lipinski definition) is 2. The van der Waals surface area contributed by atoms with Crippen LogP contribution in [0.5, 0.6) is 0 Å². The van der Waals surface area contributed by atoms with Gasteiger partial charge in [0, 0.05) is 35.3 Å². The minimum atomic E-state index is -0.169. The number of morpholine rings is 1. The predicted octanol–water partition coefficient (Wildman–Crippen LogP) is 3.69. The summed E-state index contributed by atoms with van der Waals surface area (Å²) in [5, 5.41) is 5.85. The Kier molecular flexibility index (Phi) is 6.25. The van der Waals surface area contributed by atoms with Gasteiger partial charge < -0.3 is 25.2 Å². The van der Waals surface area contributed by atoms with E-state index in [0.717, 1.165) is 73.3 Å². The van der Waals surface area contributed by atoms with Gasteiger partial charge in [0.05, 0.1) is 43.7 Å². The summed E-state index contributed by atoms with van der Waals surface area (Å²) in [6.07, 6.45) is 6.36. The van der Waals surface area contributed by atoms with Crippen LogP contribution in [0.15, 0.2) is 24.3 Å². The lowest BCUT2D eigenvalue weighted by Gasteiger charge is -2.33. The summed E-state index contributed by atoms with van der Waals surface area (Å²) in [5.41, 5.74) is 4.52. The lowest BCUT2D eigenvalue weighted by molar-refractivity contribution is -0.136. The second kappa shape index (κ2) is 9.69. The molecular formula is C27H34N6O3. The molecule has 1 atom stereocenters. The highest BCUT2D eigenvalue weighted by atomic mass is 16.5. The first-order valence-corrected chi connectivity index (χ1v) is 13.3. The molecule has 0 unspecified atom stereocenters. The van der Waals surface area contributed by atoms with Crippen molar-refractivity contribution in [2.75, 3.05) is 30.0 Å². The molecular weight excluding hydrogens is 456 g/mol. The van der Waals surface area contributed by atoms with Crippen LogP contribution in [0.4, 0.5) is 16.4 Å². The fourth-order valence-corrected chi connectivity index (χ4v) is 5.51. The number of nitrogens with one attached hydrogen (secondary N) is 2. The Morgan fingerprint density at radius 3 is 2.53 bits per heavy atom. The summed E-state index contributed by atoms with van der Waals surface area (Å²) in [4.78, 5) is 39.5. The van der Waals surface area contributed by atoms with Gasteiger partial charge in [-0.25, -0.2) is 14.8 Å². The zero-order valence-electron chi connectivity index (χ0n) is 20.8. The maximum absolute atomic E-state index is 13.2. The number of urea groups is 1. The van der Waals surface area contributed by atoms with Crippen LogP contribution in [0.3, 0.4) is 0 Å². The normalized spacial score (nSPS) is 22.0. The van der Waals surface area contributed by atoms with E-state index >= 15 is 0 Å². The minimum absolute atomic E-state index is 0.140. The molecule has 2 saturated carbocycles. The van der Waals surface area contributed by atoms with Crippen molar-refractivity contribution in [1.29, 1.82) is 0 Å². The third-order valence-corrected chi connectivity index (χ3v) is 7.74. The first-order valence-electron chi connectivity index (χ1n) is 13.3. The van der Waals surface area contributed by atoms with Gasteiger partial charge in [0.25, 0.3) is 0 Å². The largest absolute Gasteiger partial charge is 0.377 e. The zero-order valence-corrected chi connectivity index (χ0v) is 20.8. The Labute approximate surface area is 211 Å². The molecule has 1 aromatic carbocycles. The maximum Gasteiger partial charge on any atom is 0.319 e. The molecule has 3 heterocycles. The number of nitrogens with zero attached hydrogens (tertiary/aromatic N) is 4. The third kappa shape index (κ3) is 4.76. The van der Waals surface area contributed by atoms with Crippen LogP contribution in [-0.4, -0.2) is 58.6 Å². The lowest BCUT2D eigenvalue weighted by Crippen LogP contribution is -2.44. The highest BCUT2D eigenvalue weighted by molar-refractivity contribution is 5.90. The van der Waals surface area contributed by atoms with Crippen LogP contribution in [0.25, 0.3) is 11.3 Å². The van der Waals surface area contributed by atoms with Gasteiger partial charge >= 0.3 is 6.03 Å². The molecule has 0 bridgehead atoms. The highest BCUT2D eigenvalue weighted by Crippen LogP contribution is 2.36. The second-order valence-electron chi connectivity index (χ2n) is 10.5. The molecule has 3 fully saturated rings. The van der Waals surface area contributed by atoms with Crippen LogP contribution in [-0.2, 0) is 22.6 Å². The van der Waals surface area contributed by atoms with Crippen molar-refractivity contribution in [2.45, 2.75) is 70.6 Å². The molecule has 36 heavy (non-hydrogen) atoms. The molecule has 1 aromatic heterocycles. The van der Waals surface area contributed by atoms with Crippen molar-refractivity contribution >= 4 is 23.6 Å². The standard InChI is InChI=1S/C27H34N6O3/c1-17-16-36-13-12-33(17)26-30-23-15-32(25(34)19-4-2-3-5-19)14-22(23)24(31-26)18-6-8-20(9-7-18)28-27(35)29-21-10-11-21/h6-9,17,19,21H,2-5,10-16H2,1H3,(H2,28,29,35)/t17-/m0/s1. The Balaban J connectivity index is 1.29. The summed E-state index contributed by atoms with van der Waals surface area (Å²) in [5.74, 6) is 1.08. The minimum Gasteiger partial charge on any atom is -0.377 e. The number of amides is 3. The average Bonchev–Trinajstić information content (AvgIpc) is 3.34. The van der Waals surface area contributed by atoms with E-state index in [4.69, 9.17) is 14.7 Å². The molecule has 9 nitrogen and oxygen atoms in total. The van der Waals surface area contributed by atoms with E-state index in [0.29, 0.717) is 38.3 Å². The number of aromatic nitrogens is 2. The van der Waals surface area contributed by atoms with E-state index in [1.165, 1.54) is 0 Å². The Bertz CT molecular complexity index is 1140. The summed E-state index contributed by atoms with van der Waals surface area (Å²) in [6, 6.07) is 8.11. The molecule has 2 aliphatic carbocycles.